The standard InChI is InChI=1S/C16H13BrN2O3S3/c1-2-19-15(20)14(10-12-4-3-9-23-12)24-16(19)18-25(21,22)13-7-5-11(17)6-8-13/h3-10H,2H2,1H3. The number of benzene rings is 1. The van der Waals surface area contributed by atoms with E-state index in [0.29, 0.717) is 11.4 Å². The lowest BCUT2D eigenvalue weighted by atomic mass is 10.4. The number of amides is 1. The maximum absolute atomic E-state index is 12.5. The lowest BCUT2D eigenvalue weighted by Gasteiger charge is -2.11. The maximum atomic E-state index is 12.5. The average Bonchev–Trinajstić information content (AvgIpc) is 3.17. The van der Waals surface area contributed by atoms with Gasteiger partial charge in [0, 0.05) is 15.9 Å². The first-order valence-corrected chi connectivity index (χ1v) is 11.2. The first kappa shape index (κ1) is 18.4. The lowest BCUT2D eigenvalue weighted by Crippen LogP contribution is -2.29. The highest BCUT2D eigenvalue weighted by Crippen LogP contribution is 2.34. The van der Waals surface area contributed by atoms with Crippen LogP contribution in [0.1, 0.15) is 11.8 Å². The lowest BCUT2D eigenvalue weighted by molar-refractivity contribution is -0.122. The number of thiophene rings is 1. The molecule has 0 aliphatic carbocycles. The summed E-state index contributed by atoms with van der Waals surface area (Å²) in [6, 6.07) is 10.0. The van der Waals surface area contributed by atoms with Crippen molar-refractivity contribution in [3.05, 3.63) is 56.0 Å². The molecule has 1 aliphatic heterocycles. The van der Waals surface area contributed by atoms with Crippen molar-refractivity contribution in [2.45, 2.75) is 11.8 Å². The Kier molecular flexibility index (Phi) is 5.47. The molecule has 1 saturated heterocycles. The van der Waals surface area contributed by atoms with Gasteiger partial charge in [0.05, 0.1) is 9.80 Å². The summed E-state index contributed by atoms with van der Waals surface area (Å²) in [6.07, 6.45) is 1.76. The summed E-state index contributed by atoms with van der Waals surface area (Å²) >= 11 is 5.86. The maximum Gasteiger partial charge on any atom is 0.284 e. The second-order valence-corrected chi connectivity index (χ2v) is 9.49. The summed E-state index contributed by atoms with van der Waals surface area (Å²) in [6.45, 7) is 2.14. The van der Waals surface area contributed by atoms with Gasteiger partial charge < -0.3 is 0 Å². The van der Waals surface area contributed by atoms with Crippen LogP contribution in [0, 0.1) is 0 Å². The quantitative estimate of drug-likeness (QED) is 0.646. The van der Waals surface area contributed by atoms with E-state index >= 15 is 0 Å². The van der Waals surface area contributed by atoms with Gasteiger partial charge in [-0.05, 0) is 60.5 Å². The molecule has 0 spiro atoms. The average molecular weight is 457 g/mol. The van der Waals surface area contributed by atoms with Crippen molar-refractivity contribution in [3.8, 4) is 0 Å². The van der Waals surface area contributed by atoms with Gasteiger partial charge in [-0.25, -0.2) is 0 Å². The van der Waals surface area contributed by atoms with Crippen LogP contribution in [-0.2, 0) is 14.8 Å². The van der Waals surface area contributed by atoms with Gasteiger partial charge in [0.1, 0.15) is 0 Å². The van der Waals surface area contributed by atoms with Crippen LogP contribution >= 0.6 is 39.0 Å². The molecule has 1 aliphatic rings. The fraction of sp³-hybridized carbons (Fsp3) is 0.125. The van der Waals surface area contributed by atoms with E-state index < -0.39 is 10.0 Å². The molecule has 2 heterocycles. The zero-order chi connectivity index (χ0) is 18.0. The number of hydrogen-bond donors (Lipinski definition) is 0. The molecule has 1 amide bonds. The molecule has 130 valence electrons. The molecule has 1 fully saturated rings. The molecule has 0 bridgehead atoms. The normalized spacial score (nSPS) is 18.5. The van der Waals surface area contributed by atoms with Crippen LogP contribution < -0.4 is 0 Å². The van der Waals surface area contributed by atoms with Gasteiger partial charge in [-0.1, -0.05) is 22.0 Å². The molecule has 1 aromatic carbocycles. The number of halogens is 1. The van der Waals surface area contributed by atoms with E-state index in [1.165, 1.54) is 28.4 Å². The number of likely N-dealkylation sites (N-methyl/N-ethyl adjacent to an activating group) is 1. The first-order valence-electron chi connectivity index (χ1n) is 7.26. The third-order valence-electron chi connectivity index (χ3n) is 3.33. The number of rotatable bonds is 4. The highest BCUT2D eigenvalue weighted by molar-refractivity contribution is 9.10. The number of carbonyl (C=O) groups is 1. The van der Waals surface area contributed by atoms with Gasteiger partial charge in [0.2, 0.25) is 0 Å². The predicted molar refractivity (Wildman–Crippen MR) is 106 cm³/mol. The molecular weight excluding hydrogens is 444 g/mol. The number of sulfonamides is 1. The number of hydrogen-bond acceptors (Lipinski definition) is 5. The zero-order valence-corrected chi connectivity index (χ0v) is 17.1. The van der Waals surface area contributed by atoms with Crippen LogP contribution in [0.3, 0.4) is 0 Å². The van der Waals surface area contributed by atoms with Crippen LogP contribution in [0.5, 0.6) is 0 Å². The third kappa shape index (κ3) is 4.05. The monoisotopic (exact) mass is 456 g/mol. The number of amidine groups is 1. The highest BCUT2D eigenvalue weighted by atomic mass is 79.9. The van der Waals surface area contributed by atoms with Gasteiger partial charge in [0.15, 0.2) is 5.17 Å². The smallest absolute Gasteiger partial charge is 0.284 e. The van der Waals surface area contributed by atoms with E-state index in [2.05, 4.69) is 20.3 Å². The van der Waals surface area contributed by atoms with Crippen molar-refractivity contribution in [3.63, 3.8) is 0 Å². The van der Waals surface area contributed by atoms with Crippen LogP contribution in [0.15, 0.2) is 60.4 Å². The molecule has 2 aromatic rings. The molecule has 1 aromatic heterocycles. The Morgan fingerprint density at radius 1 is 1.24 bits per heavy atom. The van der Waals surface area contributed by atoms with Crippen molar-refractivity contribution in [2.24, 2.45) is 4.40 Å². The molecule has 0 unspecified atom stereocenters. The molecule has 0 saturated carbocycles. The minimum absolute atomic E-state index is 0.0861. The van der Waals surface area contributed by atoms with Crippen molar-refractivity contribution >= 4 is 66.2 Å². The third-order valence-corrected chi connectivity index (χ3v) is 7.08. The topological polar surface area (TPSA) is 66.8 Å². The van der Waals surface area contributed by atoms with Gasteiger partial charge in [0.25, 0.3) is 15.9 Å². The SMILES string of the molecule is CCN1C(=O)C(=Cc2cccs2)SC1=NS(=O)(=O)c1ccc(Br)cc1. The molecule has 0 radical (unpaired) electrons. The van der Waals surface area contributed by atoms with E-state index in [1.807, 2.05) is 17.5 Å². The summed E-state index contributed by atoms with van der Waals surface area (Å²) in [5.41, 5.74) is 0. The summed E-state index contributed by atoms with van der Waals surface area (Å²) in [5, 5.41) is 2.10. The zero-order valence-electron chi connectivity index (χ0n) is 13.0. The summed E-state index contributed by atoms with van der Waals surface area (Å²) in [7, 11) is -3.88. The van der Waals surface area contributed by atoms with Crippen LogP contribution in [-0.4, -0.2) is 30.9 Å². The van der Waals surface area contributed by atoms with E-state index in [9.17, 15) is 13.2 Å². The highest BCUT2D eigenvalue weighted by Gasteiger charge is 2.34. The van der Waals surface area contributed by atoms with Crippen molar-refractivity contribution in [1.82, 2.24) is 4.90 Å². The van der Waals surface area contributed by atoms with Gasteiger partial charge in [-0.3, -0.25) is 9.69 Å². The van der Waals surface area contributed by atoms with E-state index in [-0.39, 0.29) is 16.0 Å². The largest absolute Gasteiger partial charge is 0.286 e. The summed E-state index contributed by atoms with van der Waals surface area (Å²) in [4.78, 5) is 15.4. The van der Waals surface area contributed by atoms with Crippen LogP contribution in [0.4, 0.5) is 0 Å². The minimum Gasteiger partial charge on any atom is -0.286 e. The molecular formula is C16H13BrN2O3S3. The fourth-order valence-corrected chi connectivity index (χ4v) is 5.35. The fourth-order valence-electron chi connectivity index (χ4n) is 2.12. The predicted octanol–water partition coefficient (Wildman–Crippen LogP) is 4.19. The van der Waals surface area contributed by atoms with Gasteiger partial charge in [-0.2, -0.15) is 8.42 Å². The summed E-state index contributed by atoms with van der Waals surface area (Å²) in [5.74, 6) is -0.231. The number of nitrogens with zero attached hydrogens (tertiary/aromatic N) is 2. The second kappa shape index (κ2) is 7.45. The van der Waals surface area contributed by atoms with Gasteiger partial charge >= 0.3 is 0 Å². The Morgan fingerprint density at radius 2 is 1.96 bits per heavy atom. The minimum atomic E-state index is -3.88. The molecule has 9 heteroatoms. The molecule has 25 heavy (non-hydrogen) atoms. The van der Waals surface area contributed by atoms with Crippen LogP contribution in [0.25, 0.3) is 6.08 Å². The van der Waals surface area contributed by atoms with Crippen molar-refractivity contribution in [1.29, 1.82) is 0 Å². The molecule has 5 nitrogen and oxygen atoms in total. The first-order chi connectivity index (χ1) is 11.9. The van der Waals surface area contributed by atoms with E-state index in [0.717, 1.165) is 21.1 Å². The molecule has 0 atom stereocenters. The number of thioether (sulfide) groups is 1. The molecule has 3 rings (SSSR count). The van der Waals surface area contributed by atoms with Gasteiger partial charge in [-0.15, -0.1) is 15.7 Å². The Hall–Kier alpha value is -1.42. The Labute approximate surface area is 162 Å². The Bertz CT molecular complexity index is 949. The second-order valence-electron chi connectivity index (χ2n) is 4.98. The van der Waals surface area contributed by atoms with Crippen LogP contribution in [0.2, 0.25) is 0 Å². The summed E-state index contributed by atoms with van der Waals surface area (Å²) < 4.78 is 29.7. The Morgan fingerprint density at radius 3 is 2.56 bits per heavy atom. The van der Waals surface area contributed by atoms with Crippen molar-refractivity contribution in [2.75, 3.05) is 6.54 Å². The number of carbonyl (C=O) groups excluding carboxylic acids is 1. The Balaban J connectivity index is 1.96. The van der Waals surface area contributed by atoms with E-state index in [1.54, 1.807) is 25.1 Å². The molecule has 0 N–H and O–H groups in total. The van der Waals surface area contributed by atoms with Crippen molar-refractivity contribution < 1.29 is 13.2 Å². The van der Waals surface area contributed by atoms with E-state index in [4.69, 9.17) is 0 Å².